The third-order valence-electron chi connectivity index (χ3n) is 5.65. The minimum absolute atomic E-state index is 0.161. The molecular formula is C28H22Cl3NO8. The molecule has 3 aromatic rings. The van der Waals surface area contributed by atoms with E-state index in [1.807, 2.05) is 0 Å². The van der Waals surface area contributed by atoms with E-state index in [4.69, 9.17) is 63.9 Å². The fourth-order valence-electron chi connectivity index (χ4n) is 3.71. The number of halogens is 3. The monoisotopic (exact) mass is 605 g/mol. The number of carbonyl (C=O) groups excluding carboxylic acids is 3. The molecule has 208 valence electrons. The summed E-state index contributed by atoms with van der Waals surface area (Å²) in [4.78, 5) is 39.1. The van der Waals surface area contributed by atoms with Crippen molar-refractivity contribution >= 4 is 58.6 Å². The van der Waals surface area contributed by atoms with Gasteiger partial charge in [-0.3, -0.25) is 5.41 Å². The first-order valence-corrected chi connectivity index (χ1v) is 13.0. The van der Waals surface area contributed by atoms with Crippen molar-refractivity contribution < 1.29 is 38.1 Å². The molecule has 0 aromatic heterocycles. The van der Waals surface area contributed by atoms with E-state index >= 15 is 0 Å². The second-order valence-electron chi connectivity index (χ2n) is 8.43. The van der Waals surface area contributed by atoms with E-state index < -0.39 is 52.2 Å². The molecule has 1 fully saturated rings. The summed E-state index contributed by atoms with van der Waals surface area (Å²) in [5.41, 5.74) is 0.570. The molecule has 1 aliphatic heterocycles. The summed E-state index contributed by atoms with van der Waals surface area (Å²) in [5.74, 6) is -3.21. The van der Waals surface area contributed by atoms with Gasteiger partial charge in [0.1, 0.15) is 0 Å². The van der Waals surface area contributed by atoms with Gasteiger partial charge in [0, 0.05) is 0 Å². The van der Waals surface area contributed by atoms with Crippen LogP contribution in [-0.2, 0) is 23.7 Å². The third kappa shape index (κ3) is 7.51. The van der Waals surface area contributed by atoms with Crippen LogP contribution in [0.4, 0.5) is 0 Å². The van der Waals surface area contributed by atoms with Gasteiger partial charge in [0.2, 0.25) is 18.3 Å². The fourth-order valence-corrected chi connectivity index (χ4v) is 3.84. The van der Waals surface area contributed by atoms with E-state index in [-0.39, 0.29) is 23.3 Å². The number of nitrogens with one attached hydrogen (secondary N) is 1. The molecule has 0 aliphatic carbocycles. The predicted octanol–water partition coefficient (Wildman–Crippen LogP) is 5.38. The minimum Gasteiger partial charge on any atom is -0.452 e. The number of esters is 3. The Balaban J connectivity index is 1.68. The van der Waals surface area contributed by atoms with E-state index in [0.29, 0.717) is 0 Å². The van der Waals surface area contributed by atoms with Crippen LogP contribution in [0.15, 0.2) is 91.0 Å². The van der Waals surface area contributed by atoms with Crippen LogP contribution in [-0.4, -0.2) is 58.8 Å². The van der Waals surface area contributed by atoms with Crippen LogP contribution in [0.3, 0.4) is 0 Å². The number of carbonyl (C=O) groups is 3. The Morgan fingerprint density at radius 2 is 1.05 bits per heavy atom. The first-order valence-electron chi connectivity index (χ1n) is 11.9. The summed E-state index contributed by atoms with van der Waals surface area (Å²) < 4.78 is 25.9. The lowest BCUT2D eigenvalue weighted by atomic mass is 10.0. The van der Waals surface area contributed by atoms with Gasteiger partial charge in [-0.25, -0.2) is 14.4 Å². The molecule has 0 bridgehead atoms. The quantitative estimate of drug-likeness (QED) is 0.125. The lowest BCUT2D eigenvalue weighted by Gasteiger charge is -2.40. The summed E-state index contributed by atoms with van der Waals surface area (Å²) in [7, 11) is 0. The SMILES string of the molecule is N=C(O[C@@H]1OC[C@H](OC(=O)c2ccccc2)[C@H](OC(=O)c2ccccc2)[C@H]1OC(=O)c1ccccc1)C(Cl)(Cl)Cl. The normalized spacial score (nSPS) is 20.6. The van der Waals surface area contributed by atoms with Gasteiger partial charge in [0.05, 0.1) is 23.3 Å². The highest BCUT2D eigenvalue weighted by atomic mass is 35.6. The van der Waals surface area contributed by atoms with Crippen molar-refractivity contribution in [2.75, 3.05) is 6.61 Å². The Morgan fingerprint density at radius 1 is 0.650 bits per heavy atom. The van der Waals surface area contributed by atoms with Crippen LogP contribution in [0.2, 0.25) is 0 Å². The van der Waals surface area contributed by atoms with Crippen molar-refractivity contribution in [3.63, 3.8) is 0 Å². The summed E-state index contributed by atoms with van der Waals surface area (Å²) in [6.07, 6.45) is -5.84. The maximum absolute atomic E-state index is 13.1. The molecule has 4 rings (SSSR count). The maximum Gasteiger partial charge on any atom is 0.338 e. The van der Waals surface area contributed by atoms with E-state index in [0.717, 1.165) is 0 Å². The van der Waals surface area contributed by atoms with Gasteiger partial charge >= 0.3 is 17.9 Å². The lowest BCUT2D eigenvalue weighted by Crippen LogP contribution is -2.59. The van der Waals surface area contributed by atoms with Gasteiger partial charge in [-0.1, -0.05) is 89.4 Å². The molecule has 40 heavy (non-hydrogen) atoms. The Bertz CT molecular complexity index is 1340. The van der Waals surface area contributed by atoms with Crippen molar-refractivity contribution in [3.05, 3.63) is 108 Å². The standard InChI is InChI=1S/C28H22Cl3NO8/c29-28(30,31)27(32)40-26-22(39-25(35)19-14-8-3-9-15-19)21(38-24(34)18-12-6-2-7-13-18)20(16-36-26)37-23(33)17-10-4-1-5-11-17/h1-15,20-22,26,32H,16H2/t20-,21-,22+,26-/m0/s1. The summed E-state index contributed by atoms with van der Waals surface area (Å²) in [6, 6.07) is 24.1. The van der Waals surface area contributed by atoms with Crippen LogP contribution in [0.25, 0.3) is 0 Å². The summed E-state index contributed by atoms with van der Waals surface area (Å²) in [5, 5.41) is 8.00. The Morgan fingerprint density at radius 3 is 1.48 bits per heavy atom. The fraction of sp³-hybridized carbons (Fsp3) is 0.214. The highest BCUT2D eigenvalue weighted by molar-refractivity contribution is 6.76. The predicted molar refractivity (Wildman–Crippen MR) is 146 cm³/mol. The number of hydrogen-bond acceptors (Lipinski definition) is 9. The third-order valence-corrected chi connectivity index (χ3v) is 6.16. The van der Waals surface area contributed by atoms with E-state index in [2.05, 4.69) is 0 Å². The first kappa shape index (κ1) is 29.4. The van der Waals surface area contributed by atoms with Crippen molar-refractivity contribution in [1.82, 2.24) is 0 Å². The molecule has 9 nitrogen and oxygen atoms in total. The number of benzene rings is 3. The highest BCUT2D eigenvalue weighted by Crippen LogP contribution is 2.32. The van der Waals surface area contributed by atoms with Crippen LogP contribution < -0.4 is 0 Å². The Hall–Kier alpha value is -3.63. The molecule has 0 spiro atoms. The van der Waals surface area contributed by atoms with Crippen molar-refractivity contribution in [2.24, 2.45) is 0 Å². The van der Waals surface area contributed by atoms with Crippen LogP contribution in [0.5, 0.6) is 0 Å². The molecule has 1 N–H and O–H groups in total. The summed E-state index contributed by atoms with van der Waals surface area (Å²) in [6.45, 7) is -0.373. The molecular weight excluding hydrogens is 585 g/mol. The zero-order chi connectivity index (χ0) is 28.7. The van der Waals surface area contributed by atoms with E-state index in [1.54, 1.807) is 54.6 Å². The molecule has 0 unspecified atom stereocenters. The van der Waals surface area contributed by atoms with E-state index in [1.165, 1.54) is 36.4 Å². The Labute approximate surface area is 244 Å². The molecule has 0 saturated carbocycles. The molecule has 3 aromatic carbocycles. The summed E-state index contributed by atoms with van der Waals surface area (Å²) >= 11 is 17.3. The highest BCUT2D eigenvalue weighted by Gasteiger charge is 2.50. The molecule has 0 radical (unpaired) electrons. The second kappa shape index (κ2) is 13.1. The van der Waals surface area contributed by atoms with E-state index in [9.17, 15) is 14.4 Å². The second-order valence-corrected chi connectivity index (χ2v) is 10.7. The van der Waals surface area contributed by atoms with Crippen LogP contribution >= 0.6 is 34.8 Å². The zero-order valence-corrected chi connectivity index (χ0v) is 22.8. The van der Waals surface area contributed by atoms with Gasteiger partial charge in [0.25, 0.3) is 3.79 Å². The smallest absolute Gasteiger partial charge is 0.338 e. The Kier molecular flexibility index (Phi) is 9.65. The van der Waals surface area contributed by atoms with Crippen molar-refractivity contribution in [3.8, 4) is 0 Å². The minimum atomic E-state index is -2.27. The molecule has 1 aliphatic rings. The number of alkyl halides is 3. The van der Waals surface area contributed by atoms with Crippen molar-refractivity contribution in [2.45, 2.75) is 28.4 Å². The molecule has 4 atom stereocenters. The maximum atomic E-state index is 13.1. The first-order chi connectivity index (χ1) is 19.1. The van der Waals surface area contributed by atoms with Gasteiger partial charge in [-0.15, -0.1) is 0 Å². The number of ether oxygens (including phenoxy) is 5. The molecule has 1 saturated heterocycles. The number of hydrogen-bond donors (Lipinski definition) is 1. The van der Waals surface area contributed by atoms with Crippen molar-refractivity contribution in [1.29, 1.82) is 5.41 Å². The van der Waals surface area contributed by atoms with Gasteiger partial charge in [-0.2, -0.15) is 0 Å². The number of rotatable bonds is 7. The lowest BCUT2D eigenvalue weighted by molar-refractivity contribution is -0.245. The van der Waals surface area contributed by atoms with Gasteiger partial charge in [-0.05, 0) is 36.4 Å². The van der Waals surface area contributed by atoms with Crippen LogP contribution in [0.1, 0.15) is 31.1 Å². The van der Waals surface area contributed by atoms with Crippen LogP contribution in [0, 0.1) is 5.41 Å². The average molecular weight is 607 g/mol. The zero-order valence-electron chi connectivity index (χ0n) is 20.6. The van der Waals surface area contributed by atoms with Gasteiger partial charge < -0.3 is 23.7 Å². The largest absolute Gasteiger partial charge is 0.452 e. The molecule has 12 heteroatoms. The topological polar surface area (TPSA) is 121 Å². The van der Waals surface area contributed by atoms with Gasteiger partial charge in [0.15, 0.2) is 12.2 Å². The average Bonchev–Trinajstić information content (AvgIpc) is 2.96. The molecule has 0 amide bonds. The molecule has 1 heterocycles.